The normalized spacial score (nSPS) is 18.1. The van der Waals surface area contributed by atoms with E-state index in [9.17, 15) is 4.79 Å². The number of carbonyl (C=O) groups is 1. The van der Waals surface area contributed by atoms with Crippen molar-refractivity contribution in [1.82, 2.24) is 10.3 Å². The summed E-state index contributed by atoms with van der Waals surface area (Å²) in [7, 11) is 0. The zero-order valence-electron chi connectivity index (χ0n) is 10.9. The summed E-state index contributed by atoms with van der Waals surface area (Å²) in [5.41, 5.74) is 10.1. The Labute approximate surface area is 112 Å². The molecule has 1 atom stereocenters. The van der Waals surface area contributed by atoms with Crippen LogP contribution in [0.5, 0.6) is 0 Å². The molecule has 0 fully saturated rings. The van der Waals surface area contributed by atoms with Gasteiger partial charge in [0.05, 0.1) is 11.6 Å². The largest absolute Gasteiger partial charge is 0.398 e. The van der Waals surface area contributed by atoms with Crippen molar-refractivity contribution < 1.29 is 4.79 Å². The average molecular weight is 255 g/mol. The van der Waals surface area contributed by atoms with Gasteiger partial charge in [-0.05, 0) is 25.3 Å². The van der Waals surface area contributed by atoms with Crippen LogP contribution in [-0.2, 0) is 11.2 Å². The Bertz CT molecular complexity index is 651. The highest BCUT2D eigenvalue weighted by Gasteiger charge is 2.25. The van der Waals surface area contributed by atoms with Gasteiger partial charge in [-0.25, -0.2) is 0 Å². The number of anilines is 1. The van der Waals surface area contributed by atoms with Crippen molar-refractivity contribution in [2.45, 2.75) is 32.2 Å². The molecule has 1 heterocycles. The Morgan fingerprint density at radius 2 is 2.21 bits per heavy atom. The zero-order valence-corrected chi connectivity index (χ0v) is 10.9. The molecule has 19 heavy (non-hydrogen) atoms. The molecule has 0 saturated carbocycles. The van der Waals surface area contributed by atoms with Gasteiger partial charge in [0.15, 0.2) is 0 Å². The van der Waals surface area contributed by atoms with E-state index in [-0.39, 0.29) is 11.9 Å². The van der Waals surface area contributed by atoms with Crippen LogP contribution in [0.2, 0.25) is 0 Å². The number of nitrogens with one attached hydrogen (secondary N) is 1. The molecule has 3 N–H and O–H groups in total. The van der Waals surface area contributed by atoms with E-state index in [4.69, 9.17) is 10.7 Å². The maximum Gasteiger partial charge on any atom is 0.217 e. The van der Waals surface area contributed by atoms with Gasteiger partial charge in [0.1, 0.15) is 0 Å². The second-order valence-electron chi connectivity index (χ2n) is 5.05. The Hall–Kier alpha value is -2.10. The molecule has 3 rings (SSSR count). The number of rotatable bonds is 1. The number of amides is 1. The molecule has 0 spiro atoms. The van der Waals surface area contributed by atoms with Gasteiger partial charge in [-0.1, -0.05) is 18.2 Å². The molecule has 1 aliphatic carbocycles. The molecule has 1 aromatic carbocycles. The quantitative estimate of drug-likeness (QED) is 0.821. The van der Waals surface area contributed by atoms with Gasteiger partial charge >= 0.3 is 0 Å². The first-order valence-corrected chi connectivity index (χ1v) is 6.61. The Morgan fingerprint density at radius 3 is 3.00 bits per heavy atom. The van der Waals surface area contributed by atoms with E-state index in [1.165, 1.54) is 0 Å². The van der Waals surface area contributed by atoms with E-state index in [0.29, 0.717) is 0 Å². The second-order valence-corrected chi connectivity index (χ2v) is 5.05. The monoisotopic (exact) mass is 255 g/mol. The minimum atomic E-state index is -0.0228. The molecule has 0 saturated heterocycles. The lowest BCUT2D eigenvalue weighted by Gasteiger charge is -2.27. The van der Waals surface area contributed by atoms with Crippen molar-refractivity contribution >= 4 is 22.5 Å². The number of para-hydroxylation sites is 1. The molecule has 1 aromatic heterocycles. The van der Waals surface area contributed by atoms with Gasteiger partial charge in [-0.3, -0.25) is 9.78 Å². The summed E-state index contributed by atoms with van der Waals surface area (Å²) < 4.78 is 0. The van der Waals surface area contributed by atoms with Crippen LogP contribution in [0.4, 0.5) is 5.69 Å². The van der Waals surface area contributed by atoms with Gasteiger partial charge in [-0.2, -0.15) is 0 Å². The van der Waals surface area contributed by atoms with Crippen LogP contribution < -0.4 is 11.1 Å². The highest BCUT2D eigenvalue weighted by atomic mass is 16.1. The van der Waals surface area contributed by atoms with Crippen molar-refractivity contribution in [3.05, 3.63) is 35.5 Å². The number of benzene rings is 1. The molecule has 1 amide bonds. The lowest BCUT2D eigenvalue weighted by molar-refractivity contribution is -0.119. The molecule has 4 heteroatoms. The molecule has 0 bridgehead atoms. The standard InChI is InChI=1S/C15H17N3O/c1-9(19)17-12-7-4-8-13-14(12)15(16)10-5-2-3-6-11(10)18-13/h2-3,5-6,12H,4,7-8H2,1H3,(H2,16,18)(H,17,19). The number of fused-ring (bicyclic) bond motifs is 2. The first kappa shape index (κ1) is 12.0. The topological polar surface area (TPSA) is 68.0 Å². The minimum Gasteiger partial charge on any atom is -0.398 e. The van der Waals surface area contributed by atoms with Crippen LogP contribution in [0.25, 0.3) is 10.9 Å². The number of nitrogen functional groups attached to an aromatic ring is 1. The van der Waals surface area contributed by atoms with E-state index in [2.05, 4.69) is 5.32 Å². The molecule has 4 nitrogen and oxygen atoms in total. The summed E-state index contributed by atoms with van der Waals surface area (Å²) in [6.07, 6.45) is 2.89. The van der Waals surface area contributed by atoms with Crippen molar-refractivity contribution in [3.63, 3.8) is 0 Å². The predicted molar refractivity (Wildman–Crippen MR) is 75.7 cm³/mol. The molecule has 2 aromatic rings. The summed E-state index contributed by atoms with van der Waals surface area (Å²) >= 11 is 0. The number of aryl methyl sites for hydroxylation is 1. The molecule has 0 radical (unpaired) electrons. The predicted octanol–water partition coefficient (Wildman–Crippen LogP) is 2.33. The zero-order chi connectivity index (χ0) is 13.4. The summed E-state index contributed by atoms with van der Waals surface area (Å²) in [5.74, 6) is -0.0228. The van der Waals surface area contributed by atoms with E-state index < -0.39 is 0 Å². The number of aromatic nitrogens is 1. The number of pyridine rings is 1. The van der Waals surface area contributed by atoms with Gasteiger partial charge < -0.3 is 11.1 Å². The average Bonchev–Trinajstić information content (AvgIpc) is 2.38. The number of hydrogen-bond acceptors (Lipinski definition) is 3. The summed E-state index contributed by atoms with van der Waals surface area (Å²) in [5, 5.41) is 3.96. The minimum absolute atomic E-state index is 0.00152. The van der Waals surface area contributed by atoms with Crippen LogP contribution in [0.3, 0.4) is 0 Å². The van der Waals surface area contributed by atoms with Crippen molar-refractivity contribution in [3.8, 4) is 0 Å². The molecule has 0 aliphatic heterocycles. The fourth-order valence-electron chi connectivity index (χ4n) is 2.89. The van der Waals surface area contributed by atoms with E-state index >= 15 is 0 Å². The Kier molecular flexibility index (Phi) is 2.85. The van der Waals surface area contributed by atoms with Crippen LogP contribution in [0, 0.1) is 0 Å². The lowest BCUT2D eigenvalue weighted by Crippen LogP contribution is -2.30. The second kappa shape index (κ2) is 4.53. The van der Waals surface area contributed by atoms with Crippen molar-refractivity contribution in [2.75, 3.05) is 5.73 Å². The fourth-order valence-corrected chi connectivity index (χ4v) is 2.89. The van der Waals surface area contributed by atoms with Gasteiger partial charge in [0.25, 0.3) is 0 Å². The number of nitrogens with two attached hydrogens (primary N) is 1. The number of hydrogen-bond donors (Lipinski definition) is 2. The summed E-state index contributed by atoms with van der Waals surface area (Å²) in [4.78, 5) is 16.0. The van der Waals surface area contributed by atoms with Crippen LogP contribution in [-0.4, -0.2) is 10.9 Å². The Morgan fingerprint density at radius 1 is 1.42 bits per heavy atom. The first-order chi connectivity index (χ1) is 9.16. The highest BCUT2D eigenvalue weighted by Crippen LogP contribution is 2.36. The number of nitrogens with zero attached hydrogens (tertiary/aromatic N) is 1. The first-order valence-electron chi connectivity index (χ1n) is 6.61. The molecule has 1 aliphatic rings. The van der Waals surface area contributed by atoms with Gasteiger partial charge in [-0.15, -0.1) is 0 Å². The maximum absolute atomic E-state index is 11.3. The third kappa shape index (κ3) is 2.03. The lowest BCUT2D eigenvalue weighted by atomic mass is 9.88. The van der Waals surface area contributed by atoms with E-state index in [1.54, 1.807) is 6.92 Å². The third-order valence-corrected chi connectivity index (χ3v) is 3.68. The van der Waals surface area contributed by atoms with E-state index in [0.717, 1.165) is 47.1 Å². The summed E-state index contributed by atoms with van der Waals surface area (Å²) in [6, 6.07) is 7.89. The SMILES string of the molecule is CC(=O)NC1CCCc2nc3ccccc3c(N)c21. The van der Waals surface area contributed by atoms with Crippen LogP contribution in [0.1, 0.15) is 37.1 Å². The van der Waals surface area contributed by atoms with Crippen molar-refractivity contribution in [1.29, 1.82) is 0 Å². The van der Waals surface area contributed by atoms with Gasteiger partial charge in [0, 0.05) is 29.3 Å². The molecular formula is C15H17N3O. The highest BCUT2D eigenvalue weighted by molar-refractivity contribution is 5.92. The molecule has 1 unspecified atom stereocenters. The molecule has 98 valence electrons. The van der Waals surface area contributed by atoms with Crippen molar-refractivity contribution in [2.24, 2.45) is 0 Å². The number of carbonyl (C=O) groups excluding carboxylic acids is 1. The van der Waals surface area contributed by atoms with E-state index in [1.807, 2.05) is 24.3 Å². The smallest absolute Gasteiger partial charge is 0.217 e. The third-order valence-electron chi connectivity index (χ3n) is 3.68. The maximum atomic E-state index is 11.3. The van der Waals surface area contributed by atoms with Gasteiger partial charge in [0.2, 0.25) is 5.91 Å². The fraction of sp³-hybridized carbons (Fsp3) is 0.333. The Balaban J connectivity index is 2.19. The summed E-state index contributed by atoms with van der Waals surface area (Å²) in [6.45, 7) is 1.54. The molecular weight excluding hydrogens is 238 g/mol. The van der Waals surface area contributed by atoms with Crippen LogP contribution in [0.15, 0.2) is 24.3 Å². The van der Waals surface area contributed by atoms with Crippen LogP contribution >= 0.6 is 0 Å².